The lowest BCUT2D eigenvalue weighted by Crippen LogP contribution is -2.15. The molecule has 0 aromatic heterocycles. The number of para-hydroxylation sites is 2. The van der Waals surface area contributed by atoms with Crippen LogP contribution in [0.5, 0.6) is 11.5 Å². The third-order valence-electron chi connectivity index (χ3n) is 3.35. The zero-order valence-corrected chi connectivity index (χ0v) is 14.0. The smallest absolute Gasteiger partial charge is 0.220 e. The lowest BCUT2D eigenvalue weighted by Gasteiger charge is -2.13. The third-order valence-corrected chi connectivity index (χ3v) is 3.35. The monoisotopic (exact) mass is 328 g/mol. The average Bonchev–Trinajstić information content (AvgIpc) is 2.59. The van der Waals surface area contributed by atoms with Crippen molar-refractivity contribution < 1.29 is 14.3 Å². The molecule has 0 heterocycles. The molecule has 2 rings (SSSR count). The molecular weight excluding hydrogens is 304 g/mol. The lowest BCUT2D eigenvalue weighted by atomic mass is 10.2. The van der Waals surface area contributed by atoms with Gasteiger partial charge in [0.2, 0.25) is 5.91 Å². The number of anilines is 1. The molecule has 0 saturated heterocycles. The standard InChI is InChI=1S/C19H24N2O3/c1-2-11-23-16-7-5-6-15(13-16)14-21-17-8-3-4-9-18(17)24-12-10-19(20)22/h3-9,13,21H,2,10-12,14H2,1H3,(H2,20,22). The Morgan fingerprint density at radius 2 is 1.92 bits per heavy atom. The minimum Gasteiger partial charge on any atom is -0.494 e. The SMILES string of the molecule is CCCOc1cccc(CNc2ccccc2OCCC(N)=O)c1. The molecular formula is C19H24N2O3. The molecule has 0 bridgehead atoms. The molecule has 5 heteroatoms. The van der Waals surface area contributed by atoms with Crippen molar-refractivity contribution >= 4 is 11.6 Å². The molecule has 0 radical (unpaired) electrons. The minimum atomic E-state index is -0.371. The van der Waals surface area contributed by atoms with Gasteiger partial charge in [0.05, 0.1) is 25.3 Å². The molecule has 5 nitrogen and oxygen atoms in total. The highest BCUT2D eigenvalue weighted by Gasteiger charge is 2.04. The zero-order chi connectivity index (χ0) is 17.2. The quantitative estimate of drug-likeness (QED) is 0.701. The van der Waals surface area contributed by atoms with Gasteiger partial charge in [-0.1, -0.05) is 31.2 Å². The van der Waals surface area contributed by atoms with Gasteiger partial charge < -0.3 is 20.5 Å². The zero-order valence-electron chi connectivity index (χ0n) is 14.0. The Hall–Kier alpha value is -2.69. The Bertz CT molecular complexity index is 659. The van der Waals surface area contributed by atoms with Crippen LogP contribution in [0, 0.1) is 0 Å². The molecule has 0 aliphatic rings. The number of hydrogen-bond acceptors (Lipinski definition) is 4. The Balaban J connectivity index is 1.95. The fourth-order valence-electron chi connectivity index (χ4n) is 2.16. The van der Waals surface area contributed by atoms with E-state index in [0.29, 0.717) is 18.9 Å². The number of nitrogens with one attached hydrogen (secondary N) is 1. The van der Waals surface area contributed by atoms with Gasteiger partial charge in [0.1, 0.15) is 11.5 Å². The number of ether oxygens (including phenoxy) is 2. The van der Waals surface area contributed by atoms with Crippen LogP contribution in [-0.2, 0) is 11.3 Å². The van der Waals surface area contributed by atoms with E-state index in [2.05, 4.69) is 12.2 Å². The molecule has 128 valence electrons. The number of nitrogens with two attached hydrogens (primary N) is 1. The third kappa shape index (κ3) is 5.83. The van der Waals surface area contributed by atoms with Crippen molar-refractivity contribution in [2.75, 3.05) is 18.5 Å². The van der Waals surface area contributed by atoms with Gasteiger partial charge in [-0.05, 0) is 36.2 Å². The summed E-state index contributed by atoms with van der Waals surface area (Å²) < 4.78 is 11.3. The van der Waals surface area contributed by atoms with Crippen LogP contribution in [0.15, 0.2) is 48.5 Å². The first-order chi connectivity index (χ1) is 11.7. The van der Waals surface area contributed by atoms with E-state index in [0.717, 1.165) is 23.4 Å². The molecule has 0 spiro atoms. The first-order valence-corrected chi connectivity index (χ1v) is 8.14. The highest BCUT2D eigenvalue weighted by atomic mass is 16.5. The van der Waals surface area contributed by atoms with Crippen LogP contribution in [0.4, 0.5) is 5.69 Å². The predicted molar refractivity (Wildman–Crippen MR) is 95.3 cm³/mol. The molecule has 0 unspecified atom stereocenters. The highest BCUT2D eigenvalue weighted by molar-refractivity contribution is 5.73. The van der Waals surface area contributed by atoms with Crippen molar-refractivity contribution in [3.05, 3.63) is 54.1 Å². The van der Waals surface area contributed by atoms with Crippen molar-refractivity contribution in [3.63, 3.8) is 0 Å². The Kier molecular flexibility index (Phi) is 6.95. The molecule has 0 aliphatic carbocycles. The van der Waals surface area contributed by atoms with Crippen LogP contribution in [0.25, 0.3) is 0 Å². The van der Waals surface area contributed by atoms with Gasteiger partial charge in [-0.25, -0.2) is 0 Å². The number of carbonyl (C=O) groups excluding carboxylic acids is 1. The normalized spacial score (nSPS) is 10.2. The molecule has 24 heavy (non-hydrogen) atoms. The molecule has 0 saturated carbocycles. The van der Waals surface area contributed by atoms with Gasteiger partial charge in [-0.15, -0.1) is 0 Å². The van der Waals surface area contributed by atoms with Gasteiger partial charge in [-0.3, -0.25) is 4.79 Å². The maximum absolute atomic E-state index is 10.8. The highest BCUT2D eigenvalue weighted by Crippen LogP contribution is 2.25. The maximum Gasteiger partial charge on any atom is 0.220 e. The van der Waals surface area contributed by atoms with Gasteiger partial charge in [0.15, 0.2) is 0 Å². The summed E-state index contributed by atoms with van der Waals surface area (Å²) in [5, 5.41) is 3.35. The number of amides is 1. The summed E-state index contributed by atoms with van der Waals surface area (Å²) in [6, 6.07) is 15.6. The number of hydrogen-bond donors (Lipinski definition) is 2. The second kappa shape index (κ2) is 9.45. The summed E-state index contributed by atoms with van der Waals surface area (Å²) in [7, 11) is 0. The van der Waals surface area contributed by atoms with Gasteiger partial charge in [0, 0.05) is 6.54 Å². The van der Waals surface area contributed by atoms with Crippen molar-refractivity contribution in [1.82, 2.24) is 0 Å². The largest absolute Gasteiger partial charge is 0.494 e. The molecule has 2 aromatic carbocycles. The van der Waals surface area contributed by atoms with Crippen LogP contribution < -0.4 is 20.5 Å². The fourth-order valence-corrected chi connectivity index (χ4v) is 2.16. The van der Waals surface area contributed by atoms with Crippen molar-refractivity contribution in [2.45, 2.75) is 26.3 Å². The van der Waals surface area contributed by atoms with Crippen LogP contribution >= 0.6 is 0 Å². The van der Waals surface area contributed by atoms with E-state index in [-0.39, 0.29) is 18.9 Å². The second-order valence-electron chi connectivity index (χ2n) is 5.41. The van der Waals surface area contributed by atoms with Crippen LogP contribution in [-0.4, -0.2) is 19.1 Å². The summed E-state index contributed by atoms with van der Waals surface area (Å²) in [5.41, 5.74) is 7.13. The Labute approximate surface area is 142 Å². The van der Waals surface area contributed by atoms with Crippen molar-refractivity contribution in [1.29, 1.82) is 0 Å². The summed E-state index contributed by atoms with van der Waals surface area (Å²) in [4.78, 5) is 10.8. The number of rotatable bonds is 10. The molecule has 2 aromatic rings. The van der Waals surface area contributed by atoms with E-state index in [4.69, 9.17) is 15.2 Å². The van der Waals surface area contributed by atoms with Gasteiger partial charge in [0.25, 0.3) is 0 Å². The average molecular weight is 328 g/mol. The first kappa shape index (κ1) is 17.7. The second-order valence-corrected chi connectivity index (χ2v) is 5.41. The summed E-state index contributed by atoms with van der Waals surface area (Å²) in [6.45, 7) is 3.72. The van der Waals surface area contributed by atoms with E-state index in [1.165, 1.54) is 0 Å². The summed E-state index contributed by atoms with van der Waals surface area (Å²) in [5.74, 6) is 1.21. The number of primary amides is 1. The maximum atomic E-state index is 10.8. The van der Waals surface area contributed by atoms with E-state index in [9.17, 15) is 4.79 Å². The number of benzene rings is 2. The molecule has 0 fully saturated rings. The van der Waals surface area contributed by atoms with E-state index in [1.807, 2.05) is 48.5 Å². The van der Waals surface area contributed by atoms with Crippen LogP contribution in [0.1, 0.15) is 25.3 Å². The topological polar surface area (TPSA) is 73.6 Å². The summed E-state index contributed by atoms with van der Waals surface area (Å²) in [6.07, 6.45) is 1.18. The lowest BCUT2D eigenvalue weighted by molar-refractivity contribution is -0.118. The molecule has 3 N–H and O–H groups in total. The van der Waals surface area contributed by atoms with Crippen LogP contribution in [0.3, 0.4) is 0 Å². The Morgan fingerprint density at radius 1 is 1.08 bits per heavy atom. The number of carbonyl (C=O) groups is 1. The van der Waals surface area contributed by atoms with Crippen LogP contribution in [0.2, 0.25) is 0 Å². The Morgan fingerprint density at radius 3 is 2.71 bits per heavy atom. The fraction of sp³-hybridized carbons (Fsp3) is 0.316. The van der Waals surface area contributed by atoms with Crippen molar-refractivity contribution in [3.8, 4) is 11.5 Å². The predicted octanol–water partition coefficient (Wildman–Crippen LogP) is 3.34. The molecule has 1 amide bonds. The molecule has 0 aliphatic heterocycles. The van der Waals surface area contributed by atoms with Crippen molar-refractivity contribution in [2.24, 2.45) is 5.73 Å². The van der Waals surface area contributed by atoms with E-state index >= 15 is 0 Å². The first-order valence-electron chi connectivity index (χ1n) is 8.14. The van der Waals surface area contributed by atoms with E-state index in [1.54, 1.807) is 0 Å². The van der Waals surface area contributed by atoms with E-state index < -0.39 is 0 Å². The summed E-state index contributed by atoms with van der Waals surface area (Å²) >= 11 is 0. The minimum absolute atomic E-state index is 0.200. The van der Waals surface area contributed by atoms with Gasteiger partial charge in [-0.2, -0.15) is 0 Å². The molecule has 0 atom stereocenters. The van der Waals surface area contributed by atoms with Gasteiger partial charge >= 0.3 is 0 Å².